The highest BCUT2D eigenvalue weighted by Crippen LogP contribution is 2.08. The first-order valence-corrected chi connectivity index (χ1v) is 6.45. The van der Waals surface area contributed by atoms with Crippen molar-refractivity contribution in [2.45, 2.75) is 52.1 Å². The van der Waals surface area contributed by atoms with E-state index in [0.29, 0.717) is 6.42 Å². The maximum absolute atomic E-state index is 11.5. The van der Waals surface area contributed by atoms with Crippen LogP contribution in [0.4, 0.5) is 0 Å². The maximum Gasteiger partial charge on any atom is 0.306 e. The molecule has 0 aromatic heterocycles. The van der Waals surface area contributed by atoms with Crippen LogP contribution in [0, 0.1) is 0 Å². The minimum atomic E-state index is -0.0677. The lowest BCUT2D eigenvalue weighted by atomic mass is 10.1. The molecule has 0 heterocycles. The smallest absolute Gasteiger partial charge is 0.306 e. The molecular formula is C15H22O2. The molecule has 1 rings (SSSR count). The van der Waals surface area contributed by atoms with E-state index in [-0.39, 0.29) is 12.1 Å². The van der Waals surface area contributed by atoms with Gasteiger partial charge in [-0.25, -0.2) is 0 Å². The molecule has 0 fully saturated rings. The number of benzene rings is 1. The summed E-state index contributed by atoms with van der Waals surface area (Å²) in [7, 11) is 0. The predicted molar refractivity (Wildman–Crippen MR) is 69.8 cm³/mol. The van der Waals surface area contributed by atoms with Crippen molar-refractivity contribution in [3.8, 4) is 0 Å². The van der Waals surface area contributed by atoms with Gasteiger partial charge in [-0.1, -0.05) is 50.1 Å². The van der Waals surface area contributed by atoms with Crippen molar-refractivity contribution in [3.05, 3.63) is 35.9 Å². The topological polar surface area (TPSA) is 26.3 Å². The van der Waals surface area contributed by atoms with Gasteiger partial charge in [-0.3, -0.25) is 4.79 Å². The van der Waals surface area contributed by atoms with E-state index in [1.54, 1.807) is 0 Å². The highest BCUT2D eigenvalue weighted by atomic mass is 16.5. The van der Waals surface area contributed by atoms with Gasteiger partial charge in [0, 0.05) is 12.8 Å². The van der Waals surface area contributed by atoms with Crippen LogP contribution in [0.2, 0.25) is 0 Å². The molecule has 0 saturated carbocycles. The number of carbonyl (C=O) groups excluding carboxylic acids is 1. The van der Waals surface area contributed by atoms with Crippen LogP contribution in [0.1, 0.15) is 45.1 Å². The van der Waals surface area contributed by atoms with E-state index in [9.17, 15) is 4.79 Å². The lowest BCUT2D eigenvalue weighted by molar-refractivity contribution is -0.148. The fraction of sp³-hybridized carbons (Fsp3) is 0.533. The van der Waals surface area contributed by atoms with Crippen LogP contribution in [-0.4, -0.2) is 12.1 Å². The molecule has 1 atom stereocenters. The largest absolute Gasteiger partial charge is 0.462 e. The zero-order valence-electron chi connectivity index (χ0n) is 10.8. The molecule has 94 valence electrons. The molecule has 2 heteroatoms. The number of esters is 1. The molecule has 2 nitrogen and oxygen atoms in total. The lowest BCUT2D eigenvalue weighted by Crippen LogP contribution is -2.17. The zero-order chi connectivity index (χ0) is 12.5. The number of hydrogen-bond donors (Lipinski definition) is 0. The third kappa shape index (κ3) is 6.10. The standard InChI is InChI=1S/C15H22O2/c1-3-4-6-11-15(16)17-13(2)12-14-9-7-5-8-10-14/h5,7-10,13H,3-4,6,11-12H2,1-2H3/t13-/m1/s1. The number of rotatable bonds is 7. The molecule has 0 aliphatic rings. The van der Waals surface area contributed by atoms with Crippen LogP contribution in [0.3, 0.4) is 0 Å². The average molecular weight is 234 g/mol. The maximum atomic E-state index is 11.5. The second-order valence-corrected chi connectivity index (χ2v) is 4.45. The predicted octanol–water partition coefficient (Wildman–Crippen LogP) is 3.74. The summed E-state index contributed by atoms with van der Waals surface area (Å²) in [6, 6.07) is 10.1. The molecule has 0 spiro atoms. The Kier molecular flexibility index (Phi) is 6.38. The first-order chi connectivity index (χ1) is 8.22. The van der Waals surface area contributed by atoms with Crippen molar-refractivity contribution in [3.63, 3.8) is 0 Å². The van der Waals surface area contributed by atoms with Crippen molar-refractivity contribution >= 4 is 5.97 Å². The van der Waals surface area contributed by atoms with Gasteiger partial charge in [-0.2, -0.15) is 0 Å². The summed E-state index contributed by atoms with van der Waals surface area (Å²) in [4.78, 5) is 11.5. The summed E-state index contributed by atoms with van der Waals surface area (Å²) in [5.41, 5.74) is 1.21. The molecule has 0 saturated heterocycles. The van der Waals surface area contributed by atoms with Crippen LogP contribution >= 0.6 is 0 Å². The summed E-state index contributed by atoms with van der Waals surface area (Å²) < 4.78 is 5.36. The van der Waals surface area contributed by atoms with Gasteiger partial charge in [0.05, 0.1) is 0 Å². The van der Waals surface area contributed by atoms with Gasteiger partial charge in [0.1, 0.15) is 6.10 Å². The van der Waals surface area contributed by atoms with Crippen molar-refractivity contribution < 1.29 is 9.53 Å². The number of ether oxygens (including phenoxy) is 1. The van der Waals surface area contributed by atoms with Crippen molar-refractivity contribution in [1.29, 1.82) is 0 Å². The van der Waals surface area contributed by atoms with Gasteiger partial charge >= 0.3 is 5.97 Å². The zero-order valence-corrected chi connectivity index (χ0v) is 10.8. The SMILES string of the molecule is CCCCCC(=O)O[C@H](C)Cc1ccccc1. The summed E-state index contributed by atoms with van der Waals surface area (Å²) in [5.74, 6) is -0.0677. The van der Waals surface area contributed by atoms with Crippen LogP contribution in [-0.2, 0) is 16.0 Å². The molecule has 1 aromatic carbocycles. The molecular weight excluding hydrogens is 212 g/mol. The molecule has 0 aliphatic heterocycles. The number of hydrogen-bond acceptors (Lipinski definition) is 2. The van der Waals surface area contributed by atoms with Gasteiger partial charge in [0.2, 0.25) is 0 Å². The Hall–Kier alpha value is -1.31. The van der Waals surface area contributed by atoms with E-state index in [4.69, 9.17) is 4.74 Å². The van der Waals surface area contributed by atoms with Crippen molar-refractivity contribution in [2.75, 3.05) is 0 Å². The van der Waals surface area contributed by atoms with Crippen LogP contribution in [0.25, 0.3) is 0 Å². The Labute approximate surface area is 104 Å². The Bertz CT molecular complexity index is 319. The monoisotopic (exact) mass is 234 g/mol. The van der Waals surface area contributed by atoms with Gasteiger partial charge in [0.15, 0.2) is 0 Å². The molecule has 0 amide bonds. The normalized spacial score (nSPS) is 12.1. The van der Waals surface area contributed by atoms with E-state index in [2.05, 4.69) is 19.1 Å². The minimum absolute atomic E-state index is 0.0356. The van der Waals surface area contributed by atoms with Gasteiger partial charge < -0.3 is 4.74 Å². The molecule has 0 bridgehead atoms. The van der Waals surface area contributed by atoms with Gasteiger partial charge in [-0.15, -0.1) is 0 Å². The summed E-state index contributed by atoms with van der Waals surface area (Å²) >= 11 is 0. The summed E-state index contributed by atoms with van der Waals surface area (Å²) in [6.45, 7) is 4.08. The van der Waals surface area contributed by atoms with Crippen molar-refractivity contribution in [1.82, 2.24) is 0 Å². The van der Waals surface area contributed by atoms with Crippen LogP contribution in [0.5, 0.6) is 0 Å². The molecule has 17 heavy (non-hydrogen) atoms. The number of unbranched alkanes of at least 4 members (excludes halogenated alkanes) is 2. The molecule has 0 radical (unpaired) electrons. The third-order valence-electron chi connectivity index (χ3n) is 2.68. The van der Waals surface area contributed by atoms with Gasteiger partial charge in [0.25, 0.3) is 0 Å². The third-order valence-corrected chi connectivity index (χ3v) is 2.68. The van der Waals surface area contributed by atoms with Gasteiger partial charge in [-0.05, 0) is 18.9 Å². The second-order valence-electron chi connectivity index (χ2n) is 4.45. The van der Waals surface area contributed by atoms with E-state index >= 15 is 0 Å². The second kappa shape index (κ2) is 7.88. The van der Waals surface area contributed by atoms with Crippen molar-refractivity contribution in [2.24, 2.45) is 0 Å². The molecule has 0 unspecified atom stereocenters. The Morgan fingerprint density at radius 3 is 2.59 bits per heavy atom. The summed E-state index contributed by atoms with van der Waals surface area (Å²) in [6.07, 6.45) is 4.47. The molecule has 1 aromatic rings. The Morgan fingerprint density at radius 2 is 1.94 bits per heavy atom. The number of carbonyl (C=O) groups is 1. The summed E-state index contributed by atoms with van der Waals surface area (Å²) in [5, 5.41) is 0. The fourth-order valence-electron chi connectivity index (χ4n) is 1.79. The first-order valence-electron chi connectivity index (χ1n) is 6.45. The highest BCUT2D eigenvalue weighted by Gasteiger charge is 2.09. The van der Waals surface area contributed by atoms with E-state index < -0.39 is 0 Å². The Morgan fingerprint density at radius 1 is 1.24 bits per heavy atom. The van der Waals surface area contributed by atoms with E-state index in [1.807, 2.05) is 25.1 Å². The average Bonchev–Trinajstić information content (AvgIpc) is 2.30. The molecule has 0 aliphatic carbocycles. The Balaban J connectivity index is 2.25. The molecule has 0 N–H and O–H groups in total. The van der Waals surface area contributed by atoms with Crippen LogP contribution in [0.15, 0.2) is 30.3 Å². The van der Waals surface area contributed by atoms with Crippen LogP contribution < -0.4 is 0 Å². The van der Waals surface area contributed by atoms with E-state index in [0.717, 1.165) is 25.7 Å². The first kappa shape index (κ1) is 13.8. The minimum Gasteiger partial charge on any atom is -0.462 e. The lowest BCUT2D eigenvalue weighted by Gasteiger charge is -2.13. The highest BCUT2D eigenvalue weighted by molar-refractivity contribution is 5.69. The van der Waals surface area contributed by atoms with E-state index in [1.165, 1.54) is 5.56 Å². The fourth-order valence-corrected chi connectivity index (χ4v) is 1.79. The quantitative estimate of drug-likeness (QED) is 0.530.